The minimum absolute atomic E-state index is 0.307. The van der Waals surface area contributed by atoms with Crippen molar-refractivity contribution < 1.29 is 14.3 Å². The first kappa shape index (κ1) is 30.1. The minimum Gasteiger partial charge on any atom is -0.492 e. The third kappa shape index (κ3) is 7.56. The number of thiophene rings is 1. The van der Waals surface area contributed by atoms with Crippen molar-refractivity contribution in [3.8, 4) is 16.2 Å². The van der Waals surface area contributed by atoms with Crippen LogP contribution >= 0.6 is 11.3 Å². The summed E-state index contributed by atoms with van der Waals surface area (Å²) in [7, 11) is 1.40. The zero-order valence-corrected chi connectivity index (χ0v) is 26.2. The fraction of sp³-hybridized carbons (Fsp3) is 0.289. The Morgan fingerprint density at radius 1 is 0.841 bits per heavy atom. The van der Waals surface area contributed by atoms with Crippen molar-refractivity contribution >= 4 is 27.4 Å². The van der Waals surface area contributed by atoms with Crippen molar-refractivity contribution in [2.45, 2.75) is 32.2 Å². The molecule has 0 aliphatic carbocycles. The van der Waals surface area contributed by atoms with Crippen molar-refractivity contribution in [1.29, 1.82) is 0 Å². The highest BCUT2D eigenvalue weighted by Crippen LogP contribution is 2.40. The molecule has 5 aromatic rings. The molecule has 226 valence electrons. The molecule has 44 heavy (non-hydrogen) atoms. The van der Waals surface area contributed by atoms with Crippen LogP contribution in [-0.4, -0.2) is 50.8 Å². The summed E-state index contributed by atoms with van der Waals surface area (Å²) < 4.78 is 12.1. The molecule has 0 saturated carbocycles. The van der Waals surface area contributed by atoms with Gasteiger partial charge in [-0.2, -0.15) is 0 Å². The Bertz CT molecular complexity index is 1650. The van der Waals surface area contributed by atoms with Crippen LogP contribution in [0.4, 0.5) is 0 Å². The van der Waals surface area contributed by atoms with E-state index in [0.717, 1.165) is 50.4 Å². The van der Waals surface area contributed by atoms with Crippen LogP contribution in [0.2, 0.25) is 0 Å². The lowest BCUT2D eigenvalue weighted by Gasteiger charge is -2.15. The quantitative estimate of drug-likeness (QED) is 0.110. The molecular formula is C38H40N2O3S. The maximum Gasteiger partial charge on any atom is 0.337 e. The molecule has 1 aliphatic rings. The van der Waals surface area contributed by atoms with Gasteiger partial charge < -0.3 is 14.8 Å². The molecule has 6 rings (SSSR count). The summed E-state index contributed by atoms with van der Waals surface area (Å²) >= 11 is 1.88. The second-order valence-corrected chi connectivity index (χ2v) is 12.5. The van der Waals surface area contributed by atoms with Crippen LogP contribution in [0.25, 0.3) is 20.5 Å². The van der Waals surface area contributed by atoms with Crippen LogP contribution in [0.1, 0.15) is 45.5 Å². The number of nitrogens with one attached hydrogen (secondary N) is 1. The van der Waals surface area contributed by atoms with Gasteiger partial charge >= 0.3 is 5.97 Å². The van der Waals surface area contributed by atoms with Gasteiger partial charge in [-0.3, -0.25) is 4.90 Å². The topological polar surface area (TPSA) is 50.8 Å². The van der Waals surface area contributed by atoms with Gasteiger partial charge in [0.05, 0.1) is 12.7 Å². The van der Waals surface area contributed by atoms with Gasteiger partial charge in [-0.1, -0.05) is 66.7 Å². The first-order valence-corrected chi connectivity index (χ1v) is 16.4. The second-order valence-electron chi connectivity index (χ2n) is 11.4. The van der Waals surface area contributed by atoms with Crippen LogP contribution in [0.3, 0.4) is 0 Å². The Hall–Kier alpha value is -3.97. The Morgan fingerprint density at radius 3 is 2.30 bits per heavy atom. The number of carbonyl (C=O) groups excluding carboxylic acids is 1. The highest BCUT2D eigenvalue weighted by atomic mass is 32.1. The number of esters is 1. The highest BCUT2D eigenvalue weighted by Gasteiger charge is 2.15. The molecule has 0 amide bonds. The van der Waals surface area contributed by atoms with Crippen molar-refractivity contribution in [1.82, 2.24) is 10.2 Å². The molecule has 0 bridgehead atoms. The van der Waals surface area contributed by atoms with Crippen LogP contribution < -0.4 is 10.1 Å². The Labute approximate surface area is 264 Å². The molecule has 1 N–H and O–H groups in total. The van der Waals surface area contributed by atoms with Gasteiger partial charge in [-0.15, -0.1) is 11.3 Å². The van der Waals surface area contributed by atoms with Gasteiger partial charge in [0.25, 0.3) is 0 Å². The molecule has 1 aromatic heterocycles. The monoisotopic (exact) mass is 604 g/mol. The van der Waals surface area contributed by atoms with Crippen molar-refractivity contribution in [3.05, 3.63) is 125 Å². The first-order valence-electron chi connectivity index (χ1n) is 15.6. The largest absolute Gasteiger partial charge is 0.492 e. The number of rotatable bonds is 13. The van der Waals surface area contributed by atoms with Crippen molar-refractivity contribution in [3.63, 3.8) is 0 Å². The summed E-state index contributed by atoms with van der Waals surface area (Å²) in [5, 5.41) is 4.86. The Morgan fingerprint density at radius 2 is 1.55 bits per heavy atom. The van der Waals surface area contributed by atoms with Crippen LogP contribution in [0, 0.1) is 0 Å². The number of hydrogen-bond acceptors (Lipinski definition) is 6. The average molecular weight is 605 g/mol. The lowest BCUT2D eigenvalue weighted by Crippen LogP contribution is -2.25. The van der Waals surface area contributed by atoms with Crippen molar-refractivity contribution in [2.24, 2.45) is 0 Å². The third-order valence-electron chi connectivity index (χ3n) is 8.39. The number of ether oxygens (including phenoxy) is 2. The molecule has 0 atom stereocenters. The smallest absolute Gasteiger partial charge is 0.337 e. The molecular weight excluding hydrogens is 564 g/mol. The Balaban J connectivity index is 1.07. The number of fused-ring (bicyclic) bond motifs is 1. The van der Waals surface area contributed by atoms with Gasteiger partial charge in [-0.25, -0.2) is 4.79 Å². The lowest BCUT2D eigenvalue weighted by atomic mass is 9.98. The molecule has 0 radical (unpaired) electrons. The molecule has 6 heteroatoms. The highest BCUT2D eigenvalue weighted by molar-refractivity contribution is 7.22. The fourth-order valence-corrected chi connectivity index (χ4v) is 7.11. The summed E-state index contributed by atoms with van der Waals surface area (Å²) in [4.78, 5) is 15.5. The molecule has 5 nitrogen and oxygen atoms in total. The lowest BCUT2D eigenvalue weighted by molar-refractivity contribution is 0.0600. The molecule has 0 spiro atoms. The number of hydrogen-bond donors (Lipinski definition) is 1. The van der Waals surface area contributed by atoms with E-state index in [1.165, 1.54) is 70.3 Å². The van der Waals surface area contributed by atoms with Gasteiger partial charge in [0, 0.05) is 22.7 Å². The predicted molar refractivity (Wildman–Crippen MR) is 181 cm³/mol. The van der Waals surface area contributed by atoms with E-state index >= 15 is 0 Å². The fourth-order valence-electron chi connectivity index (χ4n) is 5.88. The zero-order valence-electron chi connectivity index (χ0n) is 25.4. The van der Waals surface area contributed by atoms with Gasteiger partial charge in [0.1, 0.15) is 12.4 Å². The number of benzene rings is 4. The zero-order chi connectivity index (χ0) is 30.1. The number of likely N-dealkylation sites (tertiary alicyclic amines) is 1. The summed E-state index contributed by atoms with van der Waals surface area (Å²) in [5.41, 5.74) is 6.98. The van der Waals surface area contributed by atoms with E-state index in [4.69, 9.17) is 9.47 Å². The van der Waals surface area contributed by atoms with E-state index in [-0.39, 0.29) is 5.97 Å². The van der Waals surface area contributed by atoms with Crippen LogP contribution in [0.5, 0.6) is 5.75 Å². The molecule has 2 heterocycles. The van der Waals surface area contributed by atoms with Gasteiger partial charge in [0.15, 0.2) is 0 Å². The summed E-state index contributed by atoms with van der Waals surface area (Å²) in [6, 6.07) is 34.0. The van der Waals surface area contributed by atoms with E-state index < -0.39 is 0 Å². The van der Waals surface area contributed by atoms with Gasteiger partial charge in [-0.05, 0) is 109 Å². The average Bonchev–Trinajstić information content (AvgIpc) is 3.72. The second kappa shape index (κ2) is 14.7. The summed E-state index contributed by atoms with van der Waals surface area (Å²) in [5.74, 6) is 0.642. The number of methoxy groups -OCH3 is 1. The Kier molecular flexibility index (Phi) is 10.0. The summed E-state index contributed by atoms with van der Waals surface area (Å²) in [6.07, 6.45) is 4.47. The maximum absolute atomic E-state index is 11.6. The van der Waals surface area contributed by atoms with Gasteiger partial charge in [0.2, 0.25) is 0 Å². The minimum atomic E-state index is -0.307. The molecule has 1 fully saturated rings. The SMILES string of the molecule is COC(=O)c1ccc(CNCCc2ccc(-c3sc4ccccc4c3Cc3ccc(OCCN4CCCC4)cc3)cc2)cc1. The number of nitrogens with zero attached hydrogens (tertiary/aromatic N) is 1. The maximum atomic E-state index is 11.6. The predicted octanol–water partition coefficient (Wildman–Crippen LogP) is 7.75. The van der Waals surface area contributed by atoms with E-state index in [9.17, 15) is 4.79 Å². The van der Waals surface area contributed by atoms with E-state index in [1.807, 2.05) is 35.6 Å². The van der Waals surface area contributed by atoms with Crippen LogP contribution in [-0.2, 0) is 24.1 Å². The van der Waals surface area contributed by atoms with E-state index in [1.54, 1.807) is 0 Å². The third-order valence-corrected chi connectivity index (χ3v) is 9.65. The molecule has 0 unspecified atom stereocenters. The molecule has 1 aliphatic heterocycles. The van der Waals surface area contributed by atoms with E-state index in [0.29, 0.717) is 5.56 Å². The standard InChI is InChI=1S/C38H40N2O3S/c1-42-38(41)32-16-10-30(11-17-32)27-39-21-20-28-8-14-31(15-9-28)37-35(34-6-2-3-7-36(34)44-37)26-29-12-18-33(19-13-29)43-25-24-40-22-4-5-23-40/h2-3,6-19,39H,4-5,20-27H2,1H3. The first-order chi connectivity index (χ1) is 21.7. The summed E-state index contributed by atoms with van der Waals surface area (Å²) in [6.45, 7) is 5.81. The van der Waals surface area contributed by atoms with Crippen LogP contribution in [0.15, 0.2) is 97.1 Å². The van der Waals surface area contributed by atoms with Crippen molar-refractivity contribution in [2.75, 3.05) is 39.9 Å². The molecule has 4 aromatic carbocycles. The molecule has 1 saturated heterocycles. The number of carbonyl (C=O) groups is 1. The normalized spacial score (nSPS) is 13.4. The van der Waals surface area contributed by atoms with E-state index in [2.05, 4.69) is 83.0 Å².